The molecule has 0 saturated carbocycles. The van der Waals surface area contributed by atoms with Gasteiger partial charge in [-0.25, -0.2) is 5.26 Å². The summed E-state index contributed by atoms with van der Waals surface area (Å²) in [6.07, 6.45) is 0. The lowest BCUT2D eigenvalue weighted by molar-refractivity contribution is -0.432. The second-order valence-electron chi connectivity index (χ2n) is 4.74. The lowest BCUT2D eigenvalue weighted by atomic mass is 10.2. The Labute approximate surface area is 122 Å². The molecule has 0 radical (unpaired) electrons. The summed E-state index contributed by atoms with van der Waals surface area (Å²) in [6.45, 7) is 1.98. The van der Waals surface area contributed by atoms with Crippen LogP contribution >= 0.6 is 12.0 Å². The van der Waals surface area contributed by atoms with E-state index in [9.17, 15) is 5.11 Å². The molecular formula is C13H11N3O4S. The van der Waals surface area contributed by atoms with Crippen LogP contribution in [0.2, 0.25) is 0 Å². The maximum Gasteiger partial charge on any atom is 0.143 e. The smallest absolute Gasteiger partial charge is 0.143 e. The van der Waals surface area contributed by atoms with Crippen LogP contribution in [0.4, 0.5) is 0 Å². The molecule has 4 rings (SSSR count). The molecule has 0 aliphatic carbocycles. The number of hydrogen-bond acceptors (Lipinski definition) is 5. The number of fused-ring (bicyclic) bond motifs is 4. The maximum atomic E-state index is 10.00. The van der Waals surface area contributed by atoms with Gasteiger partial charge in [-0.15, -0.1) is 18.4 Å². The number of nitrogens with zero attached hydrogens (tertiary/aromatic N) is 3. The van der Waals surface area contributed by atoms with Crippen LogP contribution in [0.5, 0.6) is 5.75 Å². The van der Waals surface area contributed by atoms with Gasteiger partial charge in [-0.1, -0.05) is 11.1 Å². The number of rotatable bonds is 4. The molecule has 2 heterocycles. The molecule has 0 atom stereocenters. The average molecular weight is 305 g/mol. The van der Waals surface area contributed by atoms with E-state index in [2.05, 4.69) is 9.37 Å². The SMILES string of the molecule is Cc1ccc(O)c(-n2n3c4ccc(SOOO)cc4n23)c1. The van der Waals surface area contributed by atoms with Crippen LogP contribution < -0.4 is 0 Å². The van der Waals surface area contributed by atoms with E-state index in [1.807, 2.05) is 51.3 Å². The minimum Gasteiger partial charge on any atom is -0.506 e. The highest BCUT2D eigenvalue weighted by molar-refractivity contribution is 7.94. The molecule has 0 spiro atoms. The monoisotopic (exact) mass is 305 g/mol. The minimum atomic E-state index is 0.229. The van der Waals surface area contributed by atoms with E-state index < -0.39 is 0 Å². The summed E-state index contributed by atoms with van der Waals surface area (Å²) in [5.74, 6) is 0.229. The van der Waals surface area contributed by atoms with Gasteiger partial charge in [0, 0.05) is 4.90 Å². The Morgan fingerprint density at radius 2 is 1.86 bits per heavy atom. The summed E-state index contributed by atoms with van der Waals surface area (Å²) in [7, 11) is 0. The number of hydrogen-bond donors (Lipinski definition) is 2. The van der Waals surface area contributed by atoms with Crippen molar-refractivity contribution in [3.8, 4) is 11.4 Å². The van der Waals surface area contributed by atoms with Crippen LogP contribution in [0.1, 0.15) is 5.56 Å². The molecule has 2 aromatic heterocycles. The van der Waals surface area contributed by atoms with Gasteiger partial charge in [-0.3, -0.25) is 0 Å². The predicted molar refractivity (Wildman–Crippen MR) is 75.9 cm³/mol. The number of phenols is 1. The van der Waals surface area contributed by atoms with Crippen LogP contribution in [0.15, 0.2) is 41.3 Å². The van der Waals surface area contributed by atoms with Crippen molar-refractivity contribution in [2.75, 3.05) is 0 Å². The first-order valence-corrected chi connectivity index (χ1v) is 6.93. The predicted octanol–water partition coefficient (Wildman–Crippen LogP) is 2.86. The van der Waals surface area contributed by atoms with Gasteiger partial charge in [0.05, 0.1) is 12.0 Å². The van der Waals surface area contributed by atoms with Crippen LogP contribution in [0, 0.1) is 6.92 Å². The maximum absolute atomic E-state index is 10.00. The third kappa shape index (κ3) is 1.81. The fourth-order valence-electron chi connectivity index (χ4n) is 2.43. The van der Waals surface area contributed by atoms with Crippen molar-refractivity contribution in [1.29, 1.82) is 0 Å². The summed E-state index contributed by atoms with van der Waals surface area (Å²) in [5, 5.41) is 21.8. The van der Waals surface area contributed by atoms with Gasteiger partial charge in [0.2, 0.25) is 0 Å². The standard InChI is InChI=1S/C13H11N3O4S/c1-8-2-5-13(17)12(6-8)16-14-10-4-3-9(21-20-19-18)7-11(10)15(14)16/h2-7,17-18H,1H3. The molecule has 21 heavy (non-hydrogen) atoms. The van der Waals surface area contributed by atoms with Crippen LogP contribution in [-0.4, -0.2) is 24.4 Å². The number of benzene rings is 2. The molecule has 0 saturated heterocycles. The van der Waals surface area contributed by atoms with Crippen LogP contribution in [0.25, 0.3) is 16.7 Å². The Hall–Kier alpha value is -2.13. The van der Waals surface area contributed by atoms with Crippen molar-refractivity contribution in [2.24, 2.45) is 0 Å². The largest absolute Gasteiger partial charge is 0.506 e. The molecule has 2 N–H and O–H groups in total. The van der Waals surface area contributed by atoms with Crippen molar-refractivity contribution in [2.45, 2.75) is 11.8 Å². The summed E-state index contributed by atoms with van der Waals surface area (Å²) in [4.78, 5) is 2.67. The second-order valence-corrected chi connectivity index (χ2v) is 5.51. The van der Waals surface area contributed by atoms with E-state index in [-0.39, 0.29) is 5.75 Å². The highest BCUT2D eigenvalue weighted by Crippen LogP contribution is 2.33. The highest BCUT2D eigenvalue weighted by atomic mass is 32.2. The Bertz CT molecular complexity index is 923. The first kappa shape index (κ1) is 12.6. The quantitative estimate of drug-likeness (QED) is 0.344. The van der Waals surface area contributed by atoms with E-state index in [1.165, 1.54) is 0 Å². The molecule has 0 aliphatic heterocycles. The Balaban J connectivity index is 1.78. The van der Waals surface area contributed by atoms with Gasteiger partial charge >= 0.3 is 0 Å². The van der Waals surface area contributed by atoms with E-state index in [0.29, 0.717) is 0 Å². The third-order valence-electron chi connectivity index (χ3n) is 3.39. The average Bonchev–Trinajstić information content (AvgIpc) is 3.14. The second kappa shape index (κ2) is 4.43. The zero-order chi connectivity index (χ0) is 14.6. The number of aromatic nitrogens is 3. The van der Waals surface area contributed by atoms with Crippen LogP contribution in [0.3, 0.4) is 0 Å². The van der Waals surface area contributed by atoms with Gasteiger partial charge < -0.3 is 5.11 Å². The summed E-state index contributed by atoms with van der Waals surface area (Å²) in [5.41, 5.74) is 3.83. The topological polar surface area (TPSA) is 72.7 Å². The number of aryl methyl sites for hydroxylation is 1. The molecule has 108 valence electrons. The van der Waals surface area contributed by atoms with Crippen molar-refractivity contribution in [3.63, 3.8) is 0 Å². The zero-order valence-corrected chi connectivity index (χ0v) is 11.7. The Morgan fingerprint density at radius 1 is 1.05 bits per heavy atom. The summed E-state index contributed by atoms with van der Waals surface area (Å²) < 4.78 is 8.29. The molecular weight excluding hydrogens is 294 g/mol. The Morgan fingerprint density at radius 3 is 2.67 bits per heavy atom. The number of aromatic hydroxyl groups is 1. The highest BCUT2D eigenvalue weighted by Gasteiger charge is 2.25. The van der Waals surface area contributed by atoms with Crippen molar-refractivity contribution < 1.29 is 19.7 Å². The molecule has 7 nitrogen and oxygen atoms in total. The minimum absolute atomic E-state index is 0.229. The Kier molecular flexibility index (Phi) is 2.66. The van der Waals surface area contributed by atoms with E-state index >= 15 is 0 Å². The van der Waals surface area contributed by atoms with Gasteiger partial charge in [0.15, 0.2) is 0 Å². The molecule has 0 amide bonds. The first-order chi connectivity index (χ1) is 10.2. The molecule has 0 unspecified atom stereocenters. The van der Waals surface area contributed by atoms with Crippen molar-refractivity contribution >= 4 is 23.1 Å². The lowest BCUT2D eigenvalue weighted by Gasteiger charge is -2.00. The van der Waals surface area contributed by atoms with E-state index in [4.69, 9.17) is 5.26 Å². The first-order valence-electron chi connectivity index (χ1n) is 6.19. The van der Waals surface area contributed by atoms with Crippen molar-refractivity contribution in [3.05, 3.63) is 42.0 Å². The molecule has 8 heteroatoms. The summed E-state index contributed by atoms with van der Waals surface area (Å²) in [6, 6.07) is 11.2. The number of phenolic OH excluding ortho intramolecular Hbond substituents is 1. The van der Waals surface area contributed by atoms with Gasteiger partial charge in [0.1, 0.15) is 22.5 Å². The lowest BCUT2D eigenvalue weighted by Crippen LogP contribution is -1.90. The van der Waals surface area contributed by atoms with Gasteiger partial charge in [0.25, 0.3) is 0 Å². The molecule has 0 bridgehead atoms. The van der Waals surface area contributed by atoms with Crippen molar-refractivity contribution in [1.82, 2.24) is 14.1 Å². The van der Waals surface area contributed by atoms with Gasteiger partial charge in [-0.2, -0.15) is 0 Å². The van der Waals surface area contributed by atoms with Crippen LogP contribution in [-0.2, 0) is 9.37 Å². The summed E-state index contributed by atoms with van der Waals surface area (Å²) >= 11 is 0.915. The molecule has 0 aliphatic rings. The molecule has 0 fully saturated rings. The fourth-order valence-corrected chi connectivity index (χ4v) is 2.82. The molecule has 2 aromatic carbocycles. The van der Waals surface area contributed by atoms with E-state index in [1.54, 1.807) is 6.07 Å². The molecule has 4 aromatic rings. The normalized spacial score (nSPS) is 12.1. The zero-order valence-electron chi connectivity index (χ0n) is 10.9. The fraction of sp³-hybridized carbons (Fsp3) is 0.0769. The third-order valence-corrected chi connectivity index (χ3v) is 3.97. The van der Waals surface area contributed by atoms with E-state index in [0.717, 1.165) is 39.2 Å². The van der Waals surface area contributed by atoms with Gasteiger partial charge in [-0.05, 0) is 42.8 Å².